The second-order valence-corrected chi connectivity index (χ2v) is 14.3. The number of likely N-dealkylation sites (tertiary alicyclic amines) is 1. The highest BCUT2D eigenvalue weighted by Gasteiger charge is 2.38. The number of anilines is 2. The fraction of sp³-hybridized carbons (Fsp3) is 0.286. The zero-order valence-electron chi connectivity index (χ0n) is 30.2. The van der Waals surface area contributed by atoms with Gasteiger partial charge < -0.3 is 24.9 Å². The van der Waals surface area contributed by atoms with Gasteiger partial charge in [-0.1, -0.05) is 67.6 Å². The first-order valence-electron chi connectivity index (χ1n) is 17.9. The quantitative estimate of drug-likeness (QED) is 0.128. The molecule has 53 heavy (non-hydrogen) atoms. The van der Waals surface area contributed by atoms with Crippen molar-refractivity contribution in [3.8, 4) is 11.3 Å². The molecule has 10 nitrogen and oxygen atoms in total. The number of nitrogens with one attached hydrogen (secondary N) is 2. The lowest BCUT2D eigenvalue weighted by atomic mass is 10.0. The van der Waals surface area contributed by atoms with Crippen LogP contribution in [0.1, 0.15) is 43.4 Å². The number of carbonyl (C=O) groups is 4. The number of carbonyl (C=O) groups excluding carboxylic acids is 4. The molecule has 274 valence electrons. The first-order valence-corrected chi connectivity index (χ1v) is 18.7. The fourth-order valence-corrected chi connectivity index (χ4v) is 7.46. The van der Waals surface area contributed by atoms with Gasteiger partial charge in [0.05, 0.1) is 17.4 Å². The Kier molecular flexibility index (Phi) is 12.1. The molecule has 5 aromatic rings. The Morgan fingerprint density at radius 3 is 2.25 bits per heavy atom. The van der Waals surface area contributed by atoms with E-state index in [1.54, 1.807) is 28.0 Å². The summed E-state index contributed by atoms with van der Waals surface area (Å²) in [7, 11) is 3.75. The van der Waals surface area contributed by atoms with Crippen LogP contribution in [-0.4, -0.2) is 78.1 Å². The third-order valence-corrected chi connectivity index (χ3v) is 10.2. The number of likely N-dealkylation sites (N-methyl/N-ethyl adjacent to an activating group) is 1. The minimum absolute atomic E-state index is 0.0331. The van der Waals surface area contributed by atoms with Crippen molar-refractivity contribution >= 4 is 61.9 Å². The lowest BCUT2D eigenvalue weighted by molar-refractivity contribution is -0.140. The van der Waals surface area contributed by atoms with Crippen LogP contribution in [-0.2, 0) is 25.6 Å². The highest BCUT2D eigenvalue weighted by atomic mass is 79.9. The minimum atomic E-state index is -0.573. The van der Waals surface area contributed by atoms with Crippen LogP contribution >= 0.6 is 15.9 Å². The summed E-state index contributed by atoms with van der Waals surface area (Å²) in [5.74, 6) is -0.0733. The molecule has 2 atom stereocenters. The van der Waals surface area contributed by atoms with Gasteiger partial charge in [0, 0.05) is 35.4 Å². The summed E-state index contributed by atoms with van der Waals surface area (Å²) in [5.41, 5.74) is 4.42. The van der Waals surface area contributed by atoms with Crippen LogP contribution < -0.4 is 10.6 Å². The number of fused-ring (bicyclic) bond motifs is 1. The molecule has 0 radical (unpaired) electrons. The molecule has 0 bridgehead atoms. The molecule has 1 aliphatic heterocycles. The van der Waals surface area contributed by atoms with Gasteiger partial charge in [0.15, 0.2) is 0 Å². The van der Waals surface area contributed by atoms with Gasteiger partial charge >= 0.3 is 0 Å². The molecule has 0 spiro atoms. The number of furan rings is 1. The molecular formula is C42H44BrN5O5. The average Bonchev–Trinajstić information content (AvgIpc) is 3.78. The molecule has 1 aromatic heterocycles. The van der Waals surface area contributed by atoms with E-state index >= 15 is 0 Å². The number of halogens is 1. The Hall–Kier alpha value is -5.26. The number of hydrogen-bond donors (Lipinski definition) is 2. The van der Waals surface area contributed by atoms with Crippen LogP contribution in [0, 0.1) is 0 Å². The van der Waals surface area contributed by atoms with E-state index in [-0.39, 0.29) is 36.6 Å². The van der Waals surface area contributed by atoms with Crippen molar-refractivity contribution < 1.29 is 23.6 Å². The van der Waals surface area contributed by atoms with Crippen molar-refractivity contribution in [2.24, 2.45) is 0 Å². The van der Waals surface area contributed by atoms with E-state index in [4.69, 9.17) is 4.42 Å². The van der Waals surface area contributed by atoms with Crippen LogP contribution in [0.4, 0.5) is 11.4 Å². The zero-order chi connectivity index (χ0) is 37.5. The summed E-state index contributed by atoms with van der Waals surface area (Å²) in [6.45, 7) is 2.97. The van der Waals surface area contributed by atoms with Crippen molar-refractivity contribution in [2.75, 3.05) is 44.4 Å². The first-order chi connectivity index (χ1) is 25.6. The van der Waals surface area contributed by atoms with Crippen molar-refractivity contribution in [3.05, 3.63) is 119 Å². The summed E-state index contributed by atoms with van der Waals surface area (Å²) in [4.78, 5) is 58.5. The Balaban J connectivity index is 1.10. The molecule has 2 heterocycles. The third kappa shape index (κ3) is 8.86. The van der Waals surface area contributed by atoms with Crippen LogP contribution in [0.5, 0.6) is 0 Å². The highest BCUT2D eigenvalue weighted by molar-refractivity contribution is 9.10. The van der Waals surface area contributed by atoms with E-state index in [2.05, 4.69) is 26.6 Å². The van der Waals surface area contributed by atoms with E-state index in [0.29, 0.717) is 42.2 Å². The van der Waals surface area contributed by atoms with Crippen molar-refractivity contribution in [1.29, 1.82) is 0 Å². The van der Waals surface area contributed by atoms with E-state index in [0.717, 1.165) is 39.4 Å². The molecule has 1 saturated heterocycles. The number of hydrogen-bond acceptors (Lipinski definition) is 6. The number of benzene rings is 4. The number of rotatable bonds is 13. The monoisotopic (exact) mass is 777 g/mol. The molecule has 1 fully saturated rings. The van der Waals surface area contributed by atoms with Gasteiger partial charge in [0.25, 0.3) is 0 Å². The maximum Gasteiger partial charge on any atom is 0.247 e. The normalized spacial score (nSPS) is 14.7. The van der Waals surface area contributed by atoms with E-state index in [1.165, 1.54) is 0 Å². The van der Waals surface area contributed by atoms with E-state index < -0.39 is 12.1 Å². The SMILES string of the molecule is CCCN(CC(=O)Nc1ccc(-c2oc3ccc(NC(=O)[C@@H]4CCCN4C(=O)[C@@H](c4ccccc4)N(C)C)cc3c2Br)cc1)C(=O)Cc1ccccc1. The Morgan fingerprint density at radius 2 is 1.57 bits per heavy atom. The van der Waals surface area contributed by atoms with Crippen LogP contribution in [0.3, 0.4) is 0 Å². The lowest BCUT2D eigenvalue weighted by Crippen LogP contribution is -2.47. The summed E-state index contributed by atoms with van der Waals surface area (Å²) in [5, 5.41) is 6.72. The Morgan fingerprint density at radius 1 is 0.887 bits per heavy atom. The second-order valence-electron chi connectivity index (χ2n) is 13.5. The maximum atomic E-state index is 13.8. The number of amides is 4. The van der Waals surface area contributed by atoms with Crippen LogP contribution in [0.15, 0.2) is 112 Å². The smallest absolute Gasteiger partial charge is 0.247 e. The van der Waals surface area contributed by atoms with Gasteiger partial charge in [-0.05, 0) is 103 Å². The van der Waals surface area contributed by atoms with Crippen molar-refractivity contribution in [3.63, 3.8) is 0 Å². The van der Waals surface area contributed by atoms with Gasteiger partial charge in [-0.15, -0.1) is 0 Å². The highest BCUT2D eigenvalue weighted by Crippen LogP contribution is 2.39. The predicted octanol–water partition coefficient (Wildman–Crippen LogP) is 7.51. The standard InChI is InChI=1S/C42H44BrN5O5/c1-4-23-47(37(50)25-28-12-7-5-8-13-28)27-36(49)44-31-19-17-30(18-20-31)40-38(43)33-26-32(21-22-35(33)53-40)45-41(51)34-16-11-24-48(34)42(52)39(46(2)3)29-14-9-6-10-15-29/h5-10,12-15,17-22,26,34,39H,4,11,16,23-25,27H2,1-3H3,(H,44,49)(H,45,51)/t34-,39+/m0/s1. The molecule has 1 aliphatic rings. The van der Waals surface area contributed by atoms with Gasteiger partial charge in [-0.2, -0.15) is 0 Å². The molecule has 0 saturated carbocycles. The molecule has 2 N–H and O–H groups in total. The zero-order valence-corrected chi connectivity index (χ0v) is 31.8. The number of nitrogens with zero attached hydrogens (tertiary/aromatic N) is 3. The molecule has 11 heteroatoms. The maximum absolute atomic E-state index is 13.8. The van der Waals surface area contributed by atoms with Crippen molar-refractivity contribution in [1.82, 2.24) is 14.7 Å². The largest absolute Gasteiger partial charge is 0.455 e. The molecule has 4 amide bonds. The van der Waals surface area contributed by atoms with Gasteiger partial charge in [0.2, 0.25) is 23.6 Å². The first kappa shape index (κ1) is 37.5. The molecule has 0 unspecified atom stereocenters. The topological polar surface area (TPSA) is 115 Å². The molecule has 0 aliphatic carbocycles. The minimum Gasteiger partial charge on any atom is -0.455 e. The second kappa shape index (κ2) is 17.0. The van der Waals surface area contributed by atoms with Crippen molar-refractivity contribution in [2.45, 2.75) is 44.7 Å². The van der Waals surface area contributed by atoms with Gasteiger partial charge in [-0.25, -0.2) is 0 Å². The van der Waals surface area contributed by atoms with Crippen LogP contribution in [0.2, 0.25) is 0 Å². The average molecular weight is 779 g/mol. The molecular weight excluding hydrogens is 734 g/mol. The van der Waals surface area contributed by atoms with Gasteiger partial charge in [-0.3, -0.25) is 24.1 Å². The molecule has 6 rings (SSSR count). The third-order valence-electron chi connectivity index (χ3n) is 9.41. The van der Waals surface area contributed by atoms with E-state index in [9.17, 15) is 19.2 Å². The van der Waals surface area contributed by atoms with Crippen LogP contribution in [0.25, 0.3) is 22.3 Å². The Bertz CT molecular complexity index is 2070. The summed E-state index contributed by atoms with van der Waals surface area (Å²) < 4.78 is 6.93. The predicted molar refractivity (Wildman–Crippen MR) is 211 cm³/mol. The lowest BCUT2D eigenvalue weighted by Gasteiger charge is -2.31. The summed E-state index contributed by atoms with van der Waals surface area (Å²) in [6.07, 6.45) is 2.34. The summed E-state index contributed by atoms with van der Waals surface area (Å²) in [6, 6.07) is 30.8. The summed E-state index contributed by atoms with van der Waals surface area (Å²) >= 11 is 3.70. The van der Waals surface area contributed by atoms with Gasteiger partial charge in [0.1, 0.15) is 23.4 Å². The Labute approximate surface area is 318 Å². The molecule has 4 aromatic carbocycles. The van der Waals surface area contributed by atoms with E-state index in [1.807, 2.05) is 111 Å². The fourth-order valence-electron chi connectivity index (χ4n) is 6.84.